The zero-order chi connectivity index (χ0) is 17.6. The van der Waals surface area contributed by atoms with Crippen LogP contribution in [0, 0.1) is 0 Å². The Balaban J connectivity index is 2.16. The fourth-order valence-corrected chi connectivity index (χ4v) is 4.28. The van der Waals surface area contributed by atoms with Gasteiger partial charge in [0.25, 0.3) is 0 Å². The average Bonchev–Trinajstić information content (AvgIpc) is 3.03. The Hall–Kier alpha value is -1.60. The van der Waals surface area contributed by atoms with Crippen molar-refractivity contribution in [1.29, 1.82) is 0 Å². The van der Waals surface area contributed by atoms with Gasteiger partial charge in [-0.25, -0.2) is 17.9 Å². The van der Waals surface area contributed by atoms with Crippen LogP contribution in [0.2, 0.25) is 0 Å². The van der Waals surface area contributed by atoms with Crippen LogP contribution in [0.1, 0.15) is 62.2 Å². The Bertz CT molecular complexity index is 667. The van der Waals surface area contributed by atoms with Crippen molar-refractivity contribution < 1.29 is 18.3 Å². The molecule has 0 aromatic heterocycles. The highest BCUT2D eigenvalue weighted by Gasteiger charge is 2.24. The predicted octanol–water partition coefficient (Wildman–Crippen LogP) is 3.21. The molecule has 1 saturated carbocycles. The lowest BCUT2D eigenvalue weighted by Gasteiger charge is -2.15. The first kappa shape index (κ1) is 18.7. The van der Waals surface area contributed by atoms with Crippen LogP contribution in [0.25, 0.3) is 0 Å². The number of carbonyl (C=O) groups is 1. The summed E-state index contributed by atoms with van der Waals surface area (Å²) in [4.78, 5) is 11.5. The second-order valence-corrected chi connectivity index (χ2v) is 7.96. The van der Waals surface area contributed by atoms with E-state index in [1.165, 1.54) is 12.1 Å². The molecule has 2 rings (SSSR count). The van der Waals surface area contributed by atoms with Gasteiger partial charge in [-0.15, -0.1) is 0 Å². The van der Waals surface area contributed by atoms with E-state index in [4.69, 9.17) is 0 Å². The third-order valence-electron chi connectivity index (χ3n) is 4.30. The van der Waals surface area contributed by atoms with E-state index in [2.05, 4.69) is 17.0 Å². The molecule has 0 unspecified atom stereocenters. The van der Waals surface area contributed by atoms with Crippen molar-refractivity contribution in [2.75, 3.05) is 11.9 Å². The first-order chi connectivity index (χ1) is 11.4. The zero-order valence-corrected chi connectivity index (χ0v) is 14.9. The summed E-state index contributed by atoms with van der Waals surface area (Å²) < 4.78 is 27.6. The SMILES string of the molecule is CCCCCNc1ccc(S(=O)(=O)NC2CCCC2)cc1C(=O)O. The van der Waals surface area contributed by atoms with Crippen LogP contribution in [0.3, 0.4) is 0 Å². The number of aromatic carboxylic acids is 1. The molecule has 6 nitrogen and oxygen atoms in total. The fourth-order valence-electron chi connectivity index (χ4n) is 2.95. The van der Waals surface area contributed by atoms with E-state index in [9.17, 15) is 18.3 Å². The number of rotatable bonds is 9. The van der Waals surface area contributed by atoms with E-state index >= 15 is 0 Å². The highest BCUT2D eigenvalue weighted by molar-refractivity contribution is 7.89. The standard InChI is InChI=1S/C17H26N2O4S/c1-2-3-6-11-18-16-10-9-14(12-15(16)17(20)21)24(22,23)19-13-7-4-5-8-13/h9-10,12-13,18-19H,2-8,11H2,1H3,(H,20,21). The monoisotopic (exact) mass is 354 g/mol. The first-order valence-corrected chi connectivity index (χ1v) is 10.1. The predicted molar refractivity (Wildman–Crippen MR) is 94.0 cm³/mol. The molecule has 0 atom stereocenters. The van der Waals surface area contributed by atoms with Gasteiger partial charge in [-0.05, 0) is 37.5 Å². The van der Waals surface area contributed by atoms with Gasteiger partial charge in [0.15, 0.2) is 0 Å². The van der Waals surface area contributed by atoms with E-state index in [0.717, 1.165) is 44.9 Å². The molecular weight excluding hydrogens is 328 g/mol. The Morgan fingerprint density at radius 2 is 1.96 bits per heavy atom. The third-order valence-corrected chi connectivity index (χ3v) is 5.82. The van der Waals surface area contributed by atoms with Crippen molar-refractivity contribution >= 4 is 21.7 Å². The Labute approximate surface area is 143 Å². The third kappa shape index (κ3) is 4.95. The summed E-state index contributed by atoms with van der Waals surface area (Å²) in [6.07, 6.45) is 6.80. The zero-order valence-electron chi connectivity index (χ0n) is 14.0. The molecule has 3 N–H and O–H groups in total. The van der Waals surface area contributed by atoms with Crippen molar-refractivity contribution in [3.63, 3.8) is 0 Å². The quantitative estimate of drug-likeness (QED) is 0.592. The summed E-state index contributed by atoms with van der Waals surface area (Å²) in [6.45, 7) is 2.76. The lowest BCUT2D eigenvalue weighted by Crippen LogP contribution is -2.32. The fraction of sp³-hybridized carbons (Fsp3) is 0.588. The average molecular weight is 354 g/mol. The van der Waals surface area contributed by atoms with Gasteiger partial charge in [0.1, 0.15) is 0 Å². The summed E-state index contributed by atoms with van der Waals surface area (Å²) in [6, 6.07) is 4.20. The summed E-state index contributed by atoms with van der Waals surface area (Å²) in [5.41, 5.74) is 0.444. The van der Waals surface area contributed by atoms with E-state index in [1.54, 1.807) is 6.07 Å². The molecule has 1 fully saturated rings. The van der Waals surface area contributed by atoms with E-state index < -0.39 is 16.0 Å². The van der Waals surface area contributed by atoms with Gasteiger partial charge in [-0.2, -0.15) is 0 Å². The molecule has 0 spiro atoms. The van der Waals surface area contributed by atoms with Crippen LogP contribution >= 0.6 is 0 Å². The summed E-state index contributed by atoms with van der Waals surface area (Å²) in [5.74, 6) is -1.13. The molecule has 7 heteroatoms. The minimum atomic E-state index is -3.69. The lowest BCUT2D eigenvalue weighted by molar-refractivity contribution is 0.0697. The molecule has 1 aliphatic carbocycles. The summed E-state index contributed by atoms with van der Waals surface area (Å²) in [5, 5.41) is 12.5. The van der Waals surface area contributed by atoms with Gasteiger partial charge in [0.2, 0.25) is 10.0 Å². The molecule has 0 saturated heterocycles. The second kappa shape index (κ2) is 8.48. The van der Waals surface area contributed by atoms with Crippen LogP contribution in [0.15, 0.2) is 23.1 Å². The minimum absolute atomic E-state index is 0.00547. The Kier molecular flexibility index (Phi) is 6.62. The molecule has 134 valence electrons. The Morgan fingerprint density at radius 1 is 1.25 bits per heavy atom. The van der Waals surface area contributed by atoms with Crippen LogP contribution in [-0.2, 0) is 10.0 Å². The topological polar surface area (TPSA) is 95.5 Å². The molecule has 0 bridgehead atoms. The number of unbranched alkanes of at least 4 members (excludes halogenated alkanes) is 2. The molecule has 0 heterocycles. The number of sulfonamides is 1. The molecule has 0 radical (unpaired) electrons. The van der Waals surface area contributed by atoms with Gasteiger partial charge in [0.05, 0.1) is 10.5 Å². The van der Waals surface area contributed by atoms with Crippen molar-refractivity contribution in [3.05, 3.63) is 23.8 Å². The van der Waals surface area contributed by atoms with Crippen molar-refractivity contribution in [1.82, 2.24) is 4.72 Å². The highest BCUT2D eigenvalue weighted by Crippen LogP contribution is 2.24. The first-order valence-electron chi connectivity index (χ1n) is 8.57. The number of carboxylic acids is 1. The number of benzene rings is 1. The minimum Gasteiger partial charge on any atom is -0.478 e. The highest BCUT2D eigenvalue weighted by atomic mass is 32.2. The van der Waals surface area contributed by atoms with Crippen LogP contribution in [0.4, 0.5) is 5.69 Å². The van der Waals surface area contributed by atoms with Crippen molar-refractivity contribution in [2.24, 2.45) is 0 Å². The maximum absolute atomic E-state index is 12.4. The normalized spacial score (nSPS) is 15.5. The van der Waals surface area contributed by atoms with E-state index in [0.29, 0.717) is 12.2 Å². The van der Waals surface area contributed by atoms with Crippen LogP contribution < -0.4 is 10.0 Å². The van der Waals surface area contributed by atoms with Gasteiger partial charge in [-0.1, -0.05) is 32.6 Å². The maximum atomic E-state index is 12.4. The lowest BCUT2D eigenvalue weighted by atomic mass is 10.1. The molecule has 0 aliphatic heterocycles. The van der Waals surface area contributed by atoms with Gasteiger partial charge in [0, 0.05) is 18.3 Å². The number of anilines is 1. The summed E-state index contributed by atoms with van der Waals surface area (Å²) >= 11 is 0. The largest absolute Gasteiger partial charge is 0.478 e. The number of carboxylic acid groups (broad SMARTS) is 1. The van der Waals surface area contributed by atoms with Gasteiger partial charge >= 0.3 is 5.97 Å². The molecule has 1 aromatic carbocycles. The van der Waals surface area contributed by atoms with Gasteiger partial charge in [-0.3, -0.25) is 0 Å². The molecule has 0 amide bonds. The smallest absolute Gasteiger partial charge is 0.337 e. The Morgan fingerprint density at radius 3 is 2.58 bits per heavy atom. The van der Waals surface area contributed by atoms with Crippen molar-refractivity contribution in [2.45, 2.75) is 62.8 Å². The van der Waals surface area contributed by atoms with Crippen molar-refractivity contribution in [3.8, 4) is 0 Å². The summed E-state index contributed by atoms with van der Waals surface area (Å²) in [7, 11) is -3.69. The van der Waals surface area contributed by atoms with Crippen LogP contribution in [-0.4, -0.2) is 32.1 Å². The van der Waals surface area contributed by atoms with Gasteiger partial charge < -0.3 is 10.4 Å². The van der Waals surface area contributed by atoms with E-state index in [-0.39, 0.29) is 16.5 Å². The number of hydrogen-bond acceptors (Lipinski definition) is 4. The molecule has 1 aliphatic rings. The second-order valence-electron chi connectivity index (χ2n) is 6.25. The molecule has 1 aromatic rings. The molecular formula is C17H26N2O4S. The number of hydrogen-bond donors (Lipinski definition) is 3. The molecule has 24 heavy (non-hydrogen) atoms. The van der Waals surface area contributed by atoms with Crippen LogP contribution in [0.5, 0.6) is 0 Å². The number of nitrogens with one attached hydrogen (secondary N) is 2. The maximum Gasteiger partial charge on any atom is 0.337 e. The van der Waals surface area contributed by atoms with E-state index in [1.807, 2.05) is 0 Å².